The van der Waals surface area contributed by atoms with Gasteiger partial charge in [-0.05, 0) is 45.2 Å². The van der Waals surface area contributed by atoms with Crippen LogP contribution in [0, 0.1) is 0 Å². The summed E-state index contributed by atoms with van der Waals surface area (Å²) in [5.74, 6) is 0.0704. The molecule has 0 saturated carbocycles. The minimum atomic E-state index is -0.112. The van der Waals surface area contributed by atoms with Gasteiger partial charge in [0.25, 0.3) is 0 Å². The van der Waals surface area contributed by atoms with Crippen molar-refractivity contribution >= 4 is 16.8 Å². The summed E-state index contributed by atoms with van der Waals surface area (Å²) in [6.07, 6.45) is 4.56. The van der Waals surface area contributed by atoms with Crippen molar-refractivity contribution in [2.75, 3.05) is 0 Å². The summed E-state index contributed by atoms with van der Waals surface area (Å²) in [5.41, 5.74) is 0.597. The van der Waals surface area contributed by atoms with Gasteiger partial charge in [0.2, 0.25) is 11.3 Å². The molecule has 0 spiro atoms. The summed E-state index contributed by atoms with van der Waals surface area (Å²) in [4.78, 5) is 26.5. The molecule has 5 nitrogen and oxygen atoms in total. The van der Waals surface area contributed by atoms with Crippen molar-refractivity contribution in [1.29, 1.82) is 0 Å². The Labute approximate surface area is 129 Å². The Kier molecular flexibility index (Phi) is 3.96. The lowest BCUT2D eigenvalue weighted by atomic mass is 9.97. The molecule has 1 amide bonds. The number of carbonyl (C=O) groups is 1. The summed E-state index contributed by atoms with van der Waals surface area (Å²) in [5, 5.41) is 4.75. The molecule has 2 heterocycles. The summed E-state index contributed by atoms with van der Waals surface area (Å²) in [6.45, 7) is 4.38. The Morgan fingerprint density at radius 1 is 1.23 bits per heavy atom. The van der Waals surface area contributed by atoms with E-state index in [0.29, 0.717) is 10.9 Å². The Hall–Kier alpha value is -2.17. The highest BCUT2D eigenvalue weighted by atomic mass is 16.2. The number of hydrogen-bond acceptors (Lipinski definition) is 3. The van der Waals surface area contributed by atoms with E-state index in [2.05, 4.69) is 18.9 Å². The number of benzene rings is 1. The molecule has 2 atom stereocenters. The van der Waals surface area contributed by atoms with Gasteiger partial charge in [-0.2, -0.15) is 5.10 Å². The zero-order valence-corrected chi connectivity index (χ0v) is 13.0. The first-order chi connectivity index (χ1) is 10.6. The molecule has 1 aliphatic rings. The zero-order valence-electron chi connectivity index (χ0n) is 13.0. The molecule has 22 heavy (non-hydrogen) atoms. The van der Waals surface area contributed by atoms with E-state index >= 15 is 0 Å². The second-order valence-corrected chi connectivity index (χ2v) is 6.11. The van der Waals surface area contributed by atoms with Crippen molar-refractivity contribution < 1.29 is 4.79 Å². The van der Waals surface area contributed by atoms with Crippen LogP contribution >= 0.6 is 0 Å². The molecule has 1 fully saturated rings. The smallest absolute Gasteiger partial charge is 0.244 e. The average molecular weight is 299 g/mol. The van der Waals surface area contributed by atoms with Gasteiger partial charge in [0.15, 0.2) is 0 Å². The highest BCUT2D eigenvalue weighted by Gasteiger charge is 2.29. The molecule has 1 aliphatic heterocycles. The van der Waals surface area contributed by atoms with Gasteiger partial charge in [0.05, 0.1) is 11.7 Å². The Balaban J connectivity index is 1.91. The van der Waals surface area contributed by atoms with Gasteiger partial charge in [-0.25, -0.2) is 0 Å². The first-order valence-corrected chi connectivity index (χ1v) is 7.84. The number of likely N-dealkylation sites (tertiary alicyclic amines) is 1. The summed E-state index contributed by atoms with van der Waals surface area (Å²) in [7, 11) is 0. The minimum absolute atomic E-state index is 0.0704. The lowest BCUT2D eigenvalue weighted by molar-refractivity contribution is -0.138. The molecule has 0 N–H and O–H groups in total. The molecule has 5 heteroatoms. The molecule has 116 valence electrons. The molecule has 1 aromatic carbocycles. The fourth-order valence-electron chi connectivity index (χ4n) is 3.41. The highest BCUT2D eigenvalue weighted by molar-refractivity contribution is 5.81. The molecule has 1 saturated heterocycles. The van der Waals surface area contributed by atoms with Crippen LogP contribution in [-0.2, 0) is 11.3 Å². The van der Waals surface area contributed by atoms with Crippen LogP contribution in [0.2, 0.25) is 0 Å². The predicted octanol–water partition coefficient (Wildman–Crippen LogP) is 2.19. The third-order valence-corrected chi connectivity index (χ3v) is 4.53. The van der Waals surface area contributed by atoms with Crippen molar-refractivity contribution in [2.24, 2.45) is 0 Å². The van der Waals surface area contributed by atoms with Crippen molar-refractivity contribution in [3.63, 3.8) is 0 Å². The molecule has 0 radical (unpaired) electrons. The summed E-state index contributed by atoms with van der Waals surface area (Å²) < 4.78 is 1.63. The van der Waals surface area contributed by atoms with Crippen LogP contribution < -0.4 is 5.43 Å². The van der Waals surface area contributed by atoms with Crippen molar-refractivity contribution in [2.45, 2.75) is 51.7 Å². The maximum Gasteiger partial charge on any atom is 0.244 e. The molecular formula is C17H21N3O2. The second-order valence-electron chi connectivity index (χ2n) is 6.11. The number of fused-ring (bicyclic) bond motifs is 1. The number of para-hydroxylation sites is 1. The number of carbonyl (C=O) groups excluding carboxylic acids is 1. The number of hydrogen-bond donors (Lipinski definition) is 0. The lowest BCUT2D eigenvalue weighted by Crippen LogP contribution is -2.48. The standard InChI is InChI=1S/C17H21N3O2/c1-12-6-5-7-13(2)20(12)17(22)11-19-15-9-4-3-8-14(15)16(21)10-18-19/h3-4,8-10,12-13H,5-7,11H2,1-2H3/t12-,13-/m1/s1. The van der Waals surface area contributed by atoms with Crippen LogP contribution in [0.5, 0.6) is 0 Å². The van der Waals surface area contributed by atoms with Gasteiger partial charge in [-0.15, -0.1) is 0 Å². The van der Waals surface area contributed by atoms with Crippen LogP contribution in [0.15, 0.2) is 35.3 Å². The quantitative estimate of drug-likeness (QED) is 0.854. The van der Waals surface area contributed by atoms with E-state index in [9.17, 15) is 9.59 Å². The van der Waals surface area contributed by atoms with Gasteiger partial charge >= 0.3 is 0 Å². The predicted molar refractivity (Wildman–Crippen MR) is 85.6 cm³/mol. The van der Waals surface area contributed by atoms with Crippen molar-refractivity contribution in [3.05, 3.63) is 40.7 Å². The van der Waals surface area contributed by atoms with E-state index in [1.165, 1.54) is 12.6 Å². The van der Waals surface area contributed by atoms with Gasteiger partial charge in [-0.3, -0.25) is 14.3 Å². The van der Waals surface area contributed by atoms with Gasteiger partial charge < -0.3 is 4.90 Å². The van der Waals surface area contributed by atoms with E-state index in [0.717, 1.165) is 12.8 Å². The van der Waals surface area contributed by atoms with E-state index in [1.807, 2.05) is 23.1 Å². The SMILES string of the molecule is C[C@@H]1CCC[C@@H](C)N1C(=O)Cn1ncc(=O)c2ccccc21. The molecule has 1 aromatic heterocycles. The van der Waals surface area contributed by atoms with Crippen molar-refractivity contribution in [3.8, 4) is 0 Å². The first kappa shape index (κ1) is 14.8. The zero-order chi connectivity index (χ0) is 15.7. The van der Waals surface area contributed by atoms with Crippen LogP contribution in [0.25, 0.3) is 10.9 Å². The van der Waals surface area contributed by atoms with E-state index < -0.39 is 0 Å². The Morgan fingerprint density at radius 3 is 2.64 bits per heavy atom. The molecule has 0 bridgehead atoms. The maximum atomic E-state index is 12.7. The number of nitrogens with zero attached hydrogens (tertiary/aromatic N) is 3. The van der Waals surface area contributed by atoms with Gasteiger partial charge in [0, 0.05) is 17.5 Å². The fraction of sp³-hybridized carbons (Fsp3) is 0.471. The average Bonchev–Trinajstić information content (AvgIpc) is 2.50. The molecule has 0 unspecified atom stereocenters. The number of aromatic nitrogens is 2. The van der Waals surface area contributed by atoms with Crippen LogP contribution in [0.3, 0.4) is 0 Å². The topological polar surface area (TPSA) is 55.2 Å². The summed E-state index contributed by atoms with van der Waals surface area (Å²) in [6, 6.07) is 7.82. The van der Waals surface area contributed by atoms with E-state index in [-0.39, 0.29) is 30.0 Å². The monoisotopic (exact) mass is 299 g/mol. The van der Waals surface area contributed by atoms with Crippen LogP contribution in [0.1, 0.15) is 33.1 Å². The third kappa shape index (κ3) is 2.63. The first-order valence-electron chi connectivity index (χ1n) is 7.84. The number of piperidine rings is 1. The van der Waals surface area contributed by atoms with Crippen LogP contribution in [0.4, 0.5) is 0 Å². The second kappa shape index (κ2) is 5.91. The Morgan fingerprint density at radius 2 is 1.91 bits per heavy atom. The van der Waals surface area contributed by atoms with E-state index in [1.54, 1.807) is 10.7 Å². The maximum absolute atomic E-state index is 12.7. The fourth-order valence-corrected chi connectivity index (χ4v) is 3.41. The van der Waals surface area contributed by atoms with Crippen molar-refractivity contribution in [1.82, 2.24) is 14.7 Å². The van der Waals surface area contributed by atoms with E-state index in [4.69, 9.17) is 0 Å². The summed E-state index contributed by atoms with van der Waals surface area (Å²) >= 11 is 0. The third-order valence-electron chi connectivity index (χ3n) is 4.53. The lowest BCUT2D eigenvalue weighted by Gasteiger charge is -2.39. The Bertz CT molecular complexity index is 743. The minimum Gasteiger partial charge on any atom is -0.336 e. The van der Waals surface area contributed by atoms with Crippen LogP contribution in [-0.4, -0.2) is 32.7 Å². The molecule has 0 aliphatic carbocycles. The normalized spacial score (nSPS) is 22.0. The molecule has 3 rings (SSSR count). The highest BCUT2D eigenvalue weighted by Crippen LogP contribution is 2.23. The largest absolute Gasteiger partial charge is 0.336 e. The van der Waals surface area contributed by atoms with Gasteiger partial charge in [0.1, 0.15) is 6.54 Å². The molecule has 2 aromatic rings. The number of amides is 1. The molecular weight excluding hydrogens is 278 g/mol. The van der Waals surface area contributed by atoms with Gasteiger partial charge in [-0.1, -0.05) is 12.1 Å². The number of rotatable bonds is 2.